The van der Waals surface area contributed by atoms with E-state index < -0.39 is 5.66 Å². The lowest BCUT2D eigenvalue weighted by molar-refractivity contribution is 0.103. The Morgan fingerprint density at radius 1 is 1.39 bits per heavy atom. The first-order valence-electron chi connectivity index (χ1n) is 10.4. The molecule has 2 aliphatic rings. The fraction of sp³-hybridized carbons (Fsp3) is 0.455. The minimum Gasteiger partial charge on any atom is -0.507 e. The highest BCUT2D eigenvalue weighted by Crippen LogP contribution is 2.38. The predicted molar refractivity (Wildman–Crippen MR) is 126 cm³/mol. The number of nitrogens with one attached hydrogen (secondary N) is 2. The molecule has 9 heteroatoms. The van der Waals surface area contributed by atoms with E-state index in [2.05, 4.69) is 28.7 Å². The third-order valence-corrected chi connectivity index (χ3v) is 5.49. The van der Waals surface area contributed by atoms with Crippen LogP contribution in [0.2, 0.25) is 0 Å². The van der Waals surface area contributed by atoms with Crippen LogP contribution in [0.25, 0.3) is 5.70 Å². The van der Waals surface area contributed by atoms with Crippen LogP contribution in [0.4, 0.5) is 8.78 Å². The van der Waals surface area contributed by atoms with Gasteiger partial charge in [0.1, 0.15) is 5.75 Å². The van der Waals surface area contributed by atoms with Crippen molar-refractivity contribution in [2.75, 3.05) is 26.7 Å². The first kappa shape index (κ1) is 25.0. The summed E-state index contributed by atoms with van der Waals surface area (Å²) < 4.78 is 26.6. The summed E-state index contributed by atoms with van der Waals surface area (Å²) in [6.45, 7) is 4.89. The standard InChI is InChI=1S/C18H27F2N4OP.C4H7N/c1-11(8-16(21)23-13-4-3-7-24(2)10-13)17(22)14-6-5-12(9-15(14)25)18(19,20)26;1-2-4-5-3-1/h5-6,8-9,13,23,25H,3-4,7,10,21-22,26H2,1-2H3;1,3,5H,2,4H2/b16-8+,17-11-;. The van der Waals surface area contributed by atoms with Gasteiger partial charge in [0, 0.05) is 36.0 Å². The van der Waals surface area contributed by atoms with E-state index >= 15 is 0 Å². The molecular weight excluding hydrogens is 419 g/mol. The van der Waals surface area contributed by atoms with Crippen LogP contribution in [-0.2, 0) is 5.66 Å². The van der Waals surface area contributed by atoms with E-state index in [4.69, 9.17) is 11.5 Å². The zero-order valence-electron chi connectivity index (χ0n) is 18.2. The number of nitrogens with two attached hydrogens (primary N) is 2. The van der Waals surface area contributed by atoms with Gasteiger partial charge in [-0.1, -0.05) is 21.4 Å². The highest BCUT2D eigenvalue weighted by molar-refractivity contribution is 7.17. The monoisotopic (exact) mass is 453 g/mol. The number of aromatic hydroxyl groups is 1. The van der Waals surface area contributed by atoms with Gasteiger partial charge in [0.05, 0.1) is 5.82 Å². The van der Waals surface area contributed by atoms with Crippen molar-refractivity contribution < 1.29 is 13.9 Å². The van der Waals surface area contributed by atoms with Crippen molar-refractivity contribution in [2.24, 2.45) is 11.5 Å². The average molecular weight is 454 g/mol. The van der Waals surface area contributed by atoms with E-state index in [1.807, 2.05) is 6.20 Å². The Morgan fingerprint density at radius 3 is 2.65 bits per heavy atom. The molecule has 2 heterocycles. The molecule has 1 aromatic carbocycles. The van der Waals surface area contributed by atoms with Crippen molar-refractivity contribution in [3.05, 3.63) is 59.1 Å². The lowest BCUT2D eigenvalue weighted by Gasteiger charge is -2.30. The second kappa shape index (κ2) is 11.3. The number of likely N-dealkylation sites (N-methyl/N-ethyl adjacent to an activating group) is 1. The van der Waals surface area contributed by atoms with E-state index in [1.165, 1.54) is 27.8 Å². The number of phenolic OH excluding ortho intramolecular Hbond substituents is 1. The molecule has 2 unspecified atom stereocenters. The van der Waals surface area contributed by atoms with E-state index in [1.54, 1.807) is 13.0 Å². The summed E-state index contributed by atoms with van der Waals surface area (Å²) in [6, 6.07) is 3.92. The van der Waals surface area contributed by atoms with Gasteiger partial charge in [0.25, 0.3) is 5.66 Å². The predicted octanol–water partition coefficient (Wildman–Crippen LogP) is 2.98. The molecule has 0 spiro atoms. The maximum Gasteiger partial charge on any atom is 0.284 e. The minimum absolute atomic E-state index is 0.274. The van der Waals surface area contributed by atoms with Gasteiger partial charge in [-0.25, -0.2) is 0 Å². The number of hydrogen-bond acceptors (Lipinski definition) is 6. The number of alkyl halides is 2. The molecular formula is C22H34F2N5OP. The molecule has 0 radical (unpaired) electrons. The van der Waals surface area contributed by atoms with E-state index in [-0.39, 0.29) is 23.1 Å². The number of halogens is 2. The SMILES string of the molecule is C1=CNCC1.CC(/C=C(\N)NC1CCCN(C)C1)=C(/N)c1ccc(C(F)(F)P)cc1O. The summed E-state index contributed by atoms with van der Waals surface area (Å²) in [4.78, 5) is 2.24. The lowest BCUT2D eigenvalue weighted by Crippen LogP contribution is -2.44. The summed E-state index contributed by atoms with van der Waals surface area (Å²) in [5.74, 6) is 0.189. The van der Waals surface area contributed by atoms with Crippen LogP contribution in [0.15, 0.2) is 47.9 Å². The van der Waals surface area contributed by atoms with Gasteiger partial charge < -0.3 is 32.1 Å². The van der Waals surface area contributed by atoms with Crippen molar-refractivity contribution >= 4 is 14.9 Å². The van der Waals surface area contributed by atoms with Crippen LogP contribution >= 0.6 is 9.24 Å². The first-order valence-corrected chi connectivity index (χ1v) is 10.9. The summed E-state index contributed by atoms with van der Waals surface area (Å²) in [7, 11) is 3.51. The van der Waals surface area contributed by atoms with Gasteiger partial charge in [-0.2, -0.15) is 8.78 Å². The molecule has 31 heavy (non-hydrogen) atoms. The highest BCUT2D eigenvalue weighted by atomic mass is 31.0. The molecule has 7 N–H and O–H groups in total. The molecule has 0 aromatic heterocycles. The third-order valence-electron chi connectivity index (χ3n) is 5.16. The van der Waals surface area contributed by atoms with Gasteiger partial charge in [0.15, 0.2) is 0 Å². The van der Waals surface area contributed by atoms with Crippen LogP contribution in [0, 0.1) is 0 Å². The van der Waals surface area contributed by atoms with Gasteiger partial charge in [-0.05, 0) is 69.8 Å². The molecule has 172 valence electrons. The molecule has 0 aliphatic carbocycles. The number of nitrogens with zero attached hydrogens (tertiary/aromatic N) is 1. The van der Waals surface area contributed by atoms with E-state index in [0.29, 0.717) is 17.0 Å². The normalized spacial score (nSPS) is 20.4. The fourth-order valence-corrected chi connectivity index (χ4v) is 3.65. The molecule has 2 atom stereocenters. The van der Waals surface area contributed by atoms with Gasteiger partial charge in [-0.3, -0.25) is 0 Å². The Labute approximate surface area is 185 Å². The molecule has 2 aliphatic heterocycles. The van der Waals surface area contributed by atoms with Crippen molar-refractivity contribution in [3.8, 4) is 5.75 Å². The second-order valence-corrected chi connectivity index (χ2v) is 8.67. The Kier molecular flexibility index (Phi) is 9.14. The maximum absolute atomic E-state index is 13.3. The molecule has 0 bridgehead atoms. The smallest absolute Gasteiger partial charge is 0.284 e. The zero-order valence-corrected chi connectivity index (χ0v) is 19.3. The maximum atomic E-state index is 13.3. The van der Waals surface area contributed by atoms with Crippen LogP contribution in [0.5, 0.6) is 5.75 Å². The minimum atomic E-state index is -3.11. The van der Waals surface area contributed by atoms with Gasteiger partial charge >= 0.3 is 0 Å². The molecule has 6 nitrogen and oxygen atoms in total. The summed E-state index contributed by atoms with van der Waals surface area (Å²) in [5.41, 5.74) is 9.97. The van der Waals surface area contributed by atoms with E-state index in [0.717, 1.165) is 38.5 Å². The number of hydrogen-bond donors (Lipinski definition) is 5. The third kappa shape index (κ3) is 8.04. The molecule has 1 fully saturated rings. The number of likely N-dealkylation sites (tertiary alicyclic amines) is 1. The highest BCUT2D eigenvalue weighted by Gasteiger charge is 2.25. The molecule has 0 saturated carbocycles. The Hall–Kier alpha value is -2.31. The van der Waals surface area contributed by atoms with Gasteiger partial charge in [0.2, 0.25) is 0 Å². The molecule has 1 saturated heterocycles. The number of piperidine rings is 1. The van der Waals surface area contributed by atoms with E-state index in [9.17, 15) is 13.9 Å². The first-order chi connectivity index (χ1) is 14.6. The van der Waals surface area contributed by atoms with Gasteiger partial charge in [-0.15, -0.1) is 0 Å². The Morgan fingerprint density at radius 2 is 2.13 bits per heavy atom. The van der Waals surface area contributed by atoms with Crippen molar-refractivity contribution in [1.29, 1.82) is 0 Å². The average Bonchev–Trinajstić information content (AvgIpc) is 3.26. The van der Waals surface area contributed by atoms with Crippen LogP contribution in [0.3, 0.4) is 0 Å². The fourth-order valence-electron chi connectivity index (χ4n) is 3.47. The topological polar surface area (TPSA) is 99.6 Å². The number of rotatable bonds is 5. The Bertz CT molecular complexity index is 830. The number of benzene rings is 1. The number of allylic oxidation sites excluding steroid dienone is 2. The summed E-state index contributed by atoms with van der Waals surface area (Å²) in [5, 5.41) is 16.4. The molecule has 3 rings (SSSR count). The quantitative estimate of drug-likeness (QED) is 0.347. The summed E-state index contributed by atoms with van der Waals surface area (Å²) >= 11 is 0. The molecule has 0 amide bonds. The van der Waals surface area contributed by atoms with Crippen molar-refractivity contribution in [3.63, 3.8) is 0 Å². The lowest BCUT2D eigenvalue weighted by atomic mass is 10.0. The largest absolute Gasteiger partial charge is 0.507 e. The van der Waals surface area contributed by atoms with Crippen molar-refractivity contribution in [1.82, 2.24) is 15.5 Å². The van der Waals surface area contributed by atoms with Crippen LogP contribution in [0.1, 0.15) is 37.3 Å². The van der Waals surface area contributed by atoms with Crippen LogP contribution in [-0.4, -0.2) is 42.7 Å². The van der Waals surface area contributed by atoms with Crippen molar-refractivity contribution in [2.45, 2.75) is 37.9 Å². The second-order valence-electron chi connectivity index (χ2n) is 7.94. The molecule has 1 aromatic rings. The summed E-state index contributed by atoms with van der Waals surface area (Å²) in [6.07, 6.45) is 9.17. The Balaban J connectivity index is 0.000000597. The number of phenols is 1. The van der Waals surface area contributed by atoms with Crippen LogP contribution < -0.4 is 22.1 Å². The zero-order chi connectivity index (χ0) is 23.0.